The fourth-order valence-electron chi connectivity index (χ4n) is 5.63. The average Bonchev–Trinajstić information content (AvgIpc) is 3.62. The molecule has 2 aliphatic heterocycles. The molecule has 4 rings (SSSR count). The minimum absolute atomic E-state index is 0.155. The maximum absolute atomic E-state index is 13.9. The van der Waals surface area contributed by atoms with Crippen molar-refractivity contribution in [2.45, 2.75) is 56.8 Å². The fourth-order valence-corrected chi connectivity index (χ4v) is 6.20. The highest BCUT2D eigenvalue weighted by Gasteiger charge is 2.43. The van der Waals surface area contributed by atoms with Crippen molar-refractivity contribution in [1.29, 1.82) is 0 Å². The molecule has 45 heavy (non-hydrogen) atoms. The number of carbonyl (C=O) groups excluding carboxylic acids is 1. The summed E-state index contributed by atoms with van der Waals surface area (Å²) in [6, 6.07) is 4.99. The van der Waals surface area contributed by atoms with Crippen molar-refractivity contribution in [3.05, 3.63) is 51.7 Å². The summed E-state index contributed by atoms with van der Waals surface area (Å²) >= 11 is 1.56. The predicted octanol–water partition coefficient (Wildman–Crippen LogP) is 2.21. The molecular formula is C30H40FN3O10S. The Labute approximate surface area is 264 Å². The average molecular weight is 654 g/mol. The molecule has 1 saturated heterocycles. The second-order valence-corrected chi connectivity index (χ2v) is 11.9. The largest absolute Gasteiger partial charge is 0.481 e. The van der Waals surface area contributed by atoms with Crippen LogP contribution in [-0.4, -0.2) is 111 Å². The molecule has 13 nitrogen and oxygen atoms in total. The molecule has 1 aromatic carbocycles. The number of hydrogen-bond donors (Lipinski definition) is 4. The number of aromatic nitrogens is 1. The van der Waals surface area contributed by atoms with Gasteiger partial charge < -0.3 is 39.7 Å². The quantitative estimate of drug-likeness (QED) is 0.233. The lowest BCUT2D eigenvalue weighted by Crippen LogP contribution is -2.48. The molecule has 1 aromatic heterocycles. The van der Waals surface area contributed by atoms with Crippen LogP contribution in [0.2, 0.25) is 0 Å². The molecule has 2 aromatic rings. The lowest BCUT2D eigenvalue weighted by atomic mass is 9.83. The van der Waals surface area contributed by atoms with Crippen LogP contribution in [0.3, 0.4) is 0 Å². The number of rotatable bonds is 14. The number of piperidine rings is 1. The normalized spacial score (nSPS) is 16.4. The van der Waals surface area contributed by atoms with Crippen LogP contribution in [0.25, 0.3) is 0 Å². The number of likely N-dealkylation sites (tertiary alicyclic amines) is 1. The Morgan fingerprint density at radius 2 is 1.84 bits per heavy atom. The first-order valence-corrected chi connectivity index (χ1v) is 15.5. The number of fused-ring (bicyclic) bond motifs is 2. The third-order valence-electron chi connectivity index (χ3n) is 8.04. The third kappa shape index (κ3) is 9.74. The van der Waals surface area contributed by atoms with E-state index in [0.717, 1.165) is 42.8 Å². The van der Waals surface area contributed by atoms with E-state index in [4.69, 9.17) is 29.9 Å². The number of methoxy groups -OCH3 is 1. The van der Waals surface area contributed by atoms with Gasteiger partial charge in [-0.15, -0.1) is 11.3 Å². The first kappa shape index (κ1) is 36.0. The zero-order valence-corrected chi connectivity index (χ0v) is 26.1. The molecule has 1 atom stereocenters. The van der Waals surface area contributed by atoms with Gasteiger partial charge in [-0.2, -0.15) is 0 Å². The Bertz CT molecular complexity index is 1300. The number of benzene rings is 1. The number of aliphatic carboxylic acids is 3. The number of thiazole rings is 1. The van der Waals surface area contributed by atoms with E-state index in [1.165, 1.54) is 6.07 Å². The summed E-state index contributed by atoms with van der Waals surface area (Å²) in [7, 11) is 1.66. The van der Waals surface area contributed by atoms with Crippen LogP contribution in [-0.2, 0) is 47.3 Å². The van der Waals surface area contributed by atoms with Gasteiger partial charge >= 0.3 is 17.9 Å². The van der Waals surface area contributed by atoms with Gasteiger partial charge in [0, 0.05) is 51.6 Å². The molecule has 3 heterocycles. The van der Waals surface area contributed by atoms with Crippen LogP contribution in [0.5, 0.6) is 0 Å². The standard InChI is InChI=1S/C24H32FN3O3S.C6H8O7/c1-3-28(10-11-30-2)23(29)19(12-21-16-32-17-26-21)14-27-8-6-24(7-9-27)22-13-20(25)5-4-18(22)15-31-24;7-3(8)1-6(13,5(11)12)2-4(9)10/h4-5,13,16-17,19H,3,6-12,14-15H2,1-2H3;13H,1-2H2,(H,7,8)(H,9,10)(H,11,12). The number of carbonyl (C=O) groups is 4. The number of carboxylic acid groups (broad SMARTS) is 3. The zero-order chi connectivity index (χ0) is 33.2. The van der Waals surface area contributed by atoms with Gasteiger partial charge in [0.25, 0.3) is 0 Å². The van der Waals surface area contributed by atoms with Gasteiger partial charge in [-0.3, -0.25) is 14.4 Å². The maximum Gasteiger partial charge on any atom is 0.336 e. The fraction of sp³-hybridized carbons (Fsp3) is 0.567. The highest BCUT2D eigenvalue weighted by molar-refractivity contribution is 7.07. The molecule has 0 radical (unpaired) electrons. The van der Waals surface area contributed by atoms with Gasteiger partial charge in [-0.05, 0) is 43.0 Å². The number of nitrogens with zero attached hydrogens (tertiary/aromatic N) is 3. The van der Waals surface area contributed by atoms with Crippen molar-refractivity contribution in [1.82, 2.24) is 14.8 Å². The monoisotopic (exact) mass is 653 g/mol. The Balaban J connectivity index is 0.000000360. The summed E-state index contributed by atoms with van der Waals surface area (Å²) in [5.41, 5.74) is 1.75. The molecular weight excluding hydrogens is 613 g/mol. The maximum atomic E-state index is 13.9. The van der Waals surface area contributed by atoms with E-state index in [1.54, 1.807) is 24.5 Å². The smallest absolute Gasteiger partial charge is 0.336 e. The van der Waals surface area contributed by atoms with E-state index in [1.807, 2.05) is 28.8 Å². The topological polar surface area (TPSA) is 187 Å². The molecule has 1 spiro atoms. The molecule has 0 aliphatic carbocycles. The lowest BCUT2D eigenvalue weighted by Gasteiger charge is -2.40. The van der Waals surface area contributed by atoms with Crippen molar-refractivity contribution < 1.29 is 53.5 Å². The number of ether oxygens (including phenoxy) is 2. The van der Waals surface area contributed by atoms with E-state index in [0.29, 0.717) is 39.3 Å². The SMILES string of the molecule is CCN(CCOC)C(=O)C(Cc1cscn1)CN1CCC2(CC1)OCc1ccc(F)cc12.O=C(O)CC(O)(CC(=O)O)C(=O)O. The van der Waals surface area contributed by atoms with Gasteiger partial charge in [0.2, 0.25) is 5.91 Å². The summed E-state index contributed by atoms with van der Waals surface area (Å²) in [5, 5.41) is 35.8. The van der Waals surface area contributed by atoms with E-state index in [2.05, 4.69) is 9.88 Å². The van der Waals surface area contributed by atoms with Crippen LogP contribution in [0, 0.1) is 11.7 Å². The van der Waals surface area contributed by atoms with Crippen LogP contribution in [0.15, 0.2) is 29.1 Å². The van der Waals surface area contributed by atoms with Crippen LogP contribution in [0.1, 0.15) is 49.4 Å². The molecule has 0 saturated carbocycles. The summed E-state index contributed by atoms with van der Waals surface area (Å²) in [5.74, 6) is -5.23. The third-order valence-corrected chi connectivity index (χ3v) is 8.68. The molecule has 4 N–H and O–H groups in total. The number of amides is 1. The van der Waals surface area contributed by atoms with Gasteiger partial charge in [0.15, 0.2) is 5.60 Å². The first-order valence-electron chi connectivity index (χ1n) is 14.5. The highest BCUT2D eigenvalue weighted by Crippen LogP contribution is 2.44. The van der Waals surface area contributed by atoms with E-state index < -0.39 is 42.0 Å². The van der Waals surface area contributed by atoms with Gasteiger partial charge in [-0.1, -0.05) is 6.07 Å². The molecule has 1 amide bonds. The van der Waals surface area contributed by atoms with Crippen molar-refractivity contribution in [3.63, 3.8) is 0 Å². The Kier molecular flexibility index (Phi) is 12.9. The molecule has 248 valence electrons. The second-order valence-electron chi connectivity index (χ2n) is 11.2. The van der Waals surface area contributed by atoms with Crippen molar-refractivity contribution in [2.75, 3.05) is 46.4 Å². The first-order chi connectivity index (χ1) is 21.3. The number of carboxylic acids is 3. The van der Waals surface area contributed by atoms with Gasteiger partial charge in [0.05, 0.1) is 48.8 Å². The van der Waals surface area contributed by atoms with Crippen molar-refractivity contribution in [3.8, 4) is 0 Å². The molecule has 1 unspecified atom stereocenters. The number of likely N-dealkylation sites (N-methyl/N-ethyl adjacent to an activating group) is 1. The Morgan fingerprint density at radius 3 is 2.38 bits per heavy atom. The number of aliphatic hydroxyl groups is 1. The summed E-state index contributed by atoms with van der Waals surface area (Å²) in [6.07, 6.45) is -0.0360. The molecule has 2 aliphatic rings. The van der Waals surface area contributed by atoms with E-state index in [9.17, 15) is 23.6 Å². The van der Waals surface area contributed by atoms with Gasteiger partial charge in [-0.25, -0.2) is 14.2 Å². The zero-order valence-electron chi connectivity index (χ0n) is 25.3. The second kappa shape index (κ2) is 16.2. The molecule has 1 fully saturated rings. The lowest BCUT2D eigenvalue weighted by molar-refractivity contribution is -0.170. The predicted molar refractivity (Wildman–Crippen MR) is 159 cm³/mol. The van der Waals surface area contributed by atoms with Crippen molar-refractivity contribution >= 4 is 35.2 Å². The minimum Gasteiger partial charge on any atom is -0.481 e. The Hall–Kier alpha value is -3.50. The van der Waals surface area contributed by atoms with E-state index in [-0.39, 0.29) is 17.6 Å². The molecule has 15 heteroatoms. The van der Waals surface area contributed by atoms with Crippen LogP contribution < -0.4 is 0 Å². The number of halogens is 1. The van der Waals surface area contributed by atoms with Crippen LogP contribution >= 0.6 is 11.3 Å². The van der Waals surface area contributed by atoms with Gasteiger partial charge in [0.1, 0.15) is 5.82 Å². The van der Waals surface area contributed by atoms with E-state index >= 15 is 0 Å². The minimum atomic E-state index is -2.74. The highest BCUT2D eigenvalue weighted by atomic mass is 32.1. The summed E-state index contributed by atoms with van der Waals surface area (Å²) < 4.78 is 25.3. The van der Waals surface area contributed by atoms with Crippen molar-refractivity contribution in [2.24, 2.45) is 5.92 Å². The summed E-state index contributed by atoms with van der Waals surface area (Å²) in [4.78, 5) is 52.5. The number of hydrogen-bond acceptors (Lipinski definition) is 10. The van der Waals surface area contributed by atoms with Crippen LogP contribution in [0.4, 0.5) is 4.39 Å². The Morgan fingerprint density at radius 1 is 1.18 bits per heavy atom. The molecule has 0 bridgehead atoms. The summed E-state index contributed by atoms with van der Waals surface area (Å²) in [6.45, 7) is 6.67.